The van der Waals surface area contributed by atoms with Crippen LogP contribution in [-0.2, 0) is 6.42 Å². The van der Waals surface area contributed by atoms with Crippen LogP contribution in [0.3, 0.4) is 0 Å². The molecule has 18 heavy (non-hydrogen) atoms. The first-order valence-corrected chi connectivity index (χ1v) is 5.77. The molecule has 0 radical (unpaired) electrons. The van der Waals surface area contributed by atoms with Crippen molar-refractivity contribution in [1.82, 2.24) is 5.32 Å². The molecule has 1 unspecified atom stereocenters. The number of hydrogen-bond donors (Lipinski definition) is 1. The number of nitrogens with one attached hydrogen (secondary N) is 1. The third-order valence-electron chi connectivity index (χ3n) is 2.96. The fourth-order valence-electron chi connectivity index (χ4n) is 1.96. The molecular weight excluding hydrogens is 236 g/mol. The monoisotopic (exact) mass is 251 g/mol. The van der Waals surface area contributed by atoms with Crippen molar-refractivity contribution in [1.29, 1.82) is 0 Å². The van der Waals surface area contributed by atoms with E-state index in [1.165, 1.54) is 6.07 Å². The maximum absolute atomic E-state index is 13.6. The Morgan fingerprint density at radius 3 is 2.72 bits per heavy atom. The highest BCUT2D eigenvalue weighted by Crippen LogP contribution is 2.22. The van der Waals surface area contributed by atoms with Crippen LogP contribution in [0, 0.1) is 18.6 Å². The Morgan fingerprint density at radius 1 is 1.33 bits per heavy atom. The summed E-state index contributed by atoms with van der Waals surface area (Å²) in [6.45, 7) is 1.85. The summed E-state index contributed by atoms with van der Waals surface area (Å²) in [5, 5.41) is 3.08. The molecule has 0 saturated carbocycles. The molecular formula is C14H15F2NO. The average Bonchev–Trinajstić information content (AvgIpc) is 2.78. The normalized spacial score (nSPS) is 12.7. The Hall–Kier alpha value is -1.68. The summed E-state index contributed by atoms with van der Waals surface area (Å²) in [4.78, 5) is 0. The third-order valence-corrected chi connectivity index (χ3v) is 2.96. The largest absolute Gasteiger partial charge is 0.469 e. The van der Waals surface area contributed by atoms with Crippen LogP contribution < -0.4 is 5.32 Å². The first-order chi connectivity index (χ1) is 8.61. The van der Waals surface area contributed by atoms with Crippen molar-refractivity contribution in [2.24, 2.45) is 0 Å². The molecule has 1 heterocycles. The summed E-state index contributed by atoms with van der Waals surface area (Å²) in [5.74, 6) is -0.798. The van der Waals surface area contributed by atoms with Gasteiger partial charge >= 0.3 is 0 Å². The van der Waals surface area contributed by atoms with Crippen molar-refractivity contribution in [3.63, 3.8) is 0 Å². The average molecular weight is 251 g/mol. The molecule has 0 bridgehead atoms. The summed E-state index contributed by atoms with van der Waals surface area (Å²) in [6.07, 6.45) is 2.01. The molecule has 0 amide bonds. The summed E-state index contributed by atoms with van der Waals surface area (Å²) in [7, 11) is 1.78. The minimum Gasteiger partial charge on any atom is -0.469 e. The number of likely N-dealkylation sites (N-methyl/N-ethyl adjacent to an activating group) is 1. The summed E-state index contributed by atoms with van der Waals surface area (Å²) in [6, 6.07) is 6.02. The van der Waals surface area contributed by atoms with E-state index in [2.05, 4.69) is 5.32 Å². The first-order valence-electron chi connectivity index (χ1n) is 5.77. The molecule has 2 rings (SSSR count). The SMILES string of the molecule is CNC(Cc1cccc(F)c1F)c1coc(C)c1. The van der Waals surface area contributed by atoms with Gasteiger partial charge in [0.1, 0.15) is 5.76 Å². The number of rotatable bonds is 4. The molecule has 0 aliphatic heterocycles. The Bertz CT molecular complexity index is 536. The van der Waals surface area contributed by atoms with Gasteiger partial charge < -0.3 is 9.73 Å². The predicted molar refractivity (Wildman–Crippen MR) is 65.3 cm³/mol. The zero-order chi connectivity index (χ0) is 13.1. The van der Waals surface area contributed by atoms with Gasteiger partial charge in [0.15, 0.2) is 11.6 Å². The first kappa shape index (κ1) is 12.8. The minimum atomic E-state index is -0.814. The van der Waals surface area contributed by atoms with E-state index in [0.29, 0.717) is 12.0 Å². The molecule has 0 aliphatic rings. The van der Waals surface area contributed by atoms with Gasteiger partial charge in [0, 0.05) is 11.6 Å². The lowest BCUT2D eigenvalue weighted by Crippen LogP contribution is -2.19. The van der Waals surface area contributed by atoms with E-state index in [0.717, 1.165) is 17.4 Å². The van der Waals surface area contributed by atoms with Gasteiger partial charge in [-0.05, 0) is 38.1 Å². The predicted octanol–water partition coefficient (Wildman–Crippen LogP) is 3.37. The molecule has 4 heteroatoms. The van der Waals surface area contributed by atoms with E-state index in [1.807, 2.05) is 13.0 Å². The van der Waals surface area contributed by atoms with Gasteiger partial charge in [-0.15, -0.1) is 0 Å². The van der Waals surface area contributed by atoms with Crippen LogP contribution in [0.4, 0.5) is 8.78 Å². The lowest BCUT2D eigenvalue weighted by molar-refractivity contribution is 0.484. The molecule has 0 aliphatic carbocycles. The molecule has 0 spiro atoms. The van der Waals surface area contributed by atoms with Crippen LogP contribution in [0.1, 0.15) is 22.9 Å². The third kappa shape index (κ3) is 2.59. The smallest absolute Gasteiger partial charge is 0.162 e. The van der Waals surface area contributed by atoms with Gasteiger partial charge in [-0.1, -0.05) is 12.1 Å². The van der Waals surface area contributed by atoms with Crippen LogP contribution in [-0.4, -0.2) is 7.05 Å². The number of hydrogen-bond acceptors (Lipinski definition) is 2. The molecule has 1 atom stereocenters. The molecule has 96 valence electrons. The zero-order valence-corrected chi connectivity index (χ0v) is 10.3. The van der Waals surface area contributed by atoms with E-state index >= 15 is 0 Å². The molecule has 2 nitrogen and oxygen atoms in total. The van der Waals surface area contributed by atoms with Crippen molar-refractivity contribution in [3.05, 3.63) is 59.1 Å². The van der Waals surface area contributed by atoms with E-state index in [-0.39, 0.29) is 6.04 Å². The molecule has 1 aromatic carbocycles. The van der Waals surface area contributed by atoms with Gasteiger partial charge in [-0.25, -0.2) is 8.78 Å². The van der Waals surface area contributed by atoms with Crippen molar-refractivity contribution < 1.29 is 13.2 Å². The van der Waals surface area contributed by atoms with Crippen LogP contribution in [0.15, 0.2) is 34.9 Å². The number of aryl methyl sites for hydroxylation is 1. The highest BCUT2D eigenvalue weighted by Gasteiger charge is 2.16. The van der Waals surface area contributed by atoms with Gasteiger partial charge in [-0.3, -0.25) is 0 Å². The van der Waals surface area contributed by atoms with E-state index in [9.17, 15) is 8.78 Å². The summed E-state index contributed by atoms with van der Waals surface area (Å²) < 4.78 is 32.0. The fraction of sp³-hybridized carbons (Fsp3) is 0.286. The van der Waals surface area contributed by atoms with Gasteiger partial charge in [0.05, 0.1) is 6.26 Å². The Balaban J connectivity index is 2.23. The Morgan fingerprint density at radius 2 is 2.11 bits per heavy atom. The van der Waals surface area contributed by atoms with Crippen LogP contribution in [0.25, 0.3) is 0 Å². The van der Waals surface area contributed by atoms with Gasteiger partial charge in [0.25, 0.3) is 0 Å². The molecule has 1 N–H and O–H groups in total. The number of halogens is 2. The van der Waals surface area contributed by atoms with Crippen LogP contribution in [0.2, 0.25) is 0 Å². The van der Waals surface area contributed by atoms with Crippen molar-refractivity contribution >= 4 is 0 Å². The van der Waals surface area contributed by atoms with E-state index in [4.69, 9.17) is 4.42 Å². The molecule has 2 aromatic rings. The number of furan rings is 1. The van der Waals surface area contributed by atoms with Crippen LogP contribution >= 0.6 is 0 Å². The fourth-order valence-corrected chi connectivity index (χ4v) is 1.96. The Labute approximate surface area is 105 Å². The highest BCUT2D eigenvalue weighted by molar-refractivity contribution is 5.24. The van der Waals surface area contributed by atoms with Crippen LogP contribution in [0.5, 0.6) is 0 Å². The zero-order valence-electron chi connectivity index (χ0n) is 10.3. The molecule has 1 aromatic heterocycles. The van der Waals surface area contributed by atoms with Crippen molar-refractivity contribution in [2.45, 2.75) is 19.4 Å². The summed E-state index contributed by atoms with van der Waals surface area (Å²) >= 11 is 0. The highest BCUT2D eigenvalue weighted by atomic mass is 19.2. The minimum absolute atomic E-state index is 0.0984. The maximum atomic E-state index is 13.6. The molecule has 0 saturated heterocycles. The lowest BCUT2D eigenvalue weighted by Gasteiger charge is -2.15. The maximum Gasteiger partial charge on any atom is 0.162 e. The second-order valence-corrected chi connectivity index (χ2v) is 4.25. The van der Waals surface area contributed by atoms with Crippen molar-refractivity contribution in [3.8, 4) is 0 Å². The summed E-state index contributed by atoms with van der Waals surface area (Å²) in [5.41, 5.74) is 1.28. The topological polar surface area (TPSA) is 25.2 Å². The van der Waals surface area contributed by atoms with E-state index < -0.39 is 11.6 Å². The second-order valence-electron chi connectivity index (χ2n) is 4.25. The second kappa shape index (κ2) is 5.31. The number of benzene rings is 1. The quantitative estimate of drug-likeness (QED) is 0.901. The standard InChI is InChI=1S/C14H15F2NO/c1-9-6-11(8-18-9)13(17-2)7-10-4-3-5-12(15)14(10)16/h3-6,8,13,17H,7H2,1-2H3. The lowest BCUT2D eigenvalue weighted by atomic mass is 10.0. The molecule has 0 fully saturated rings. The van der Waals surface area contributed by atoms with Gasteiger partial charge in [-0.2, -0.15) is 0 Å². The van der Waals surface area contributed by atoms with Gasteiger partial charge in [0.2, 0.25) is 0 Å². The Kier molecular flexibility index (Phi) is 3.77. The van der Waals surface area contributed by atoms with Crippen molar-refractivity contribution in [2.75, 3.05) is 7.05 Å². The van der Waals surface area contributed by atoms with E-state index in [1.54, 1.807) is 19.4 Å².